The van der Waals surface area contributed by atoms with Crippen molar-refractivity contribution in [3.8, 4) is 17.0 Å². The topological polar surface area (TPSA) is 97.3 Å². The molecule has 0 spiro atoms. The maximum Gasteiger partial charge on any atom is 0.289 e. The maximum atomic E-state index is 14.2. The van der Waals surface area contributed by atoms with Crippen LogP contribution in [0.2, 0.25) is 5.02 Å². The van der Waals surface area contributed by atoms with Gasteiger partial charge in [0.15, 0.2) is 11.6 Å². The quantitative estimate of drug-likeness (QED) is 0.641. The van der Waals surface area contributed by atoms with E-state index in [0.29, 0.717) is 6.07 Å². The lowest BCUT2D eigenvalue weighted by molar-refractivity contribution is -0.120. The van der Waals surface area contributed by atoms with Crippen molar-refractivity contribution in [3.05, 3.63) is 65.0 Å². The van der Waals surface area contributed by atoms with Gasteiger partial charge >= 0.3 is 0 Å². The molecular formula is C20H13ClF3N5O3. The number of nitrogens with zero attached hydrogens (tertiary/aromatic N) is 4. The van der Waals surface area contributed by atoms with Crippen LogP contribution in [0.3, 0.4) is 0 Å². The third-order valence-electron chi connectivity index (χ3n) is 4.59. The summed E-state index contributed by atoms with van der Waals surface area (Å²) >= 11 is 6.03. The highest BCUT2D eigenvalue weighted by Gasteiger charge is 2.32. The van der Waals surface area contributed by atoms with E-state index in [1.807, 2.05) is 0 Å². The summed E-state index contributed by atoms with van der Waals surface area (Å²) < 4.78 is 46.3. The van der Waals surface area contributed by atoms with Crippen LogP contribution in [-0.2, 0) is 4.79 Å². The first-order valence-electron chi connectivity index (χ1n) is 9.09. The van der Waals surface area contributed by atoms with Crippen molar-refractivity contribution in [2.45, 2.75) is 6.04 Å². The average molecular weight is 464 g/mol. The molecule has 0 aliphatic carbocycles. The zero-order chi connectivity index (χ0) is 23.0. The summed E-state index contributed by atoms with van der Waals surface area (Å²) in [6, 6.07) is 2.70. The van der Waals surface area contributed by atoms with Gasteiger partial charge in [-0.25, -0.2) is 28.1 Å². The molecule has 1 aliphatic rings. The molecule has 1 aromatic carbocycles. The number of pyridine rings is 1. The summed E-state index contributed by atoms with van der Waals surface area (Å²) in [6.45, 7) is -0.305. The van der Waals surface area contributed by atoms with Gasteiger partial charge in [-0.1, -0.05) is 11.6 Å². The number of rotatable bonds is 3. The van der Waals surface area contributed by atoms with Gasteiger partial charge in [0.2, 0.25) is 5.82 Å². The van der Waals surface area contributed by atoms with Gasteiger partial charge < -0.3 is 10.1 Å². The van der Waals surface area contributed by atoms with Crippen molar-refractivity contribution in [1.82, 2.24) is 20.3 Å². The van der Waals surface area contributed by atoms with Crippen molar-refractivity contribution in [1.29, 1.82) is 0 Å². The SMILES string of the molecule is CN1C(=O)[C@@H](NC(=O)c2ncc(Cl)c(-c3ccc(F)cc3F)n2)COc2cc(F)cnc21. The number of ether oxygens (including phenoxy) is 1. The molecule has 0 saturated heterocycles. The molecule has 0 fully saturated rings. The Morgan fingerprint density at radius 1 is 1.19 bits per heavy atom. The second-order valence-electron chi connectivity index (χ2n) is 6.72. The molecule has 32 heavy (non-hydrogen) atoms. The number of hydrogen-bond acceptors (Lipinski definition) is 6. The Labute approximate surface area is 184 Å². The van der Waals surface area contributed by atoms with Gasteiger partial charge in [-0.05, 0) is 12.1 Å². The van der Waals surface area contributed by atoms with E-state index >= 15 is 0 Å². The third kappa shape index (κ3) is 4.06. The number of likely N-dealkylation sites (N-methyl/N-ethyl adjacent to an activating group) is 1. The van der Waals surface area contributed by atoms with Crippen LogP contribution in [0.4, 0.5) is 19.0 Å². The third-order valence-corrected chi connectivity index (χ3v) is 4.87. The molecule has 1 N–H and O–H groups in total. The minimum Gasteiger partial charge on any atom is -0.487 e. The Morgan fingerprint density at radius 3 is 2.72 bits per heavy atom. The number of carbonyl (C=O) groups is 2. The van der Waals surface area contributed by atoms with Gasteiger partial charge in [0.05, 0.1) is 23.1 Å². The van der Waals surface area contributed by atoms with Crippen molar-refractivity contribution in [2.24, 2.45) is 0 Å². The standard InChI is InChI=1S/C20H13ClF3N5O3/c1-29-18-15(5-10(23)6-26-18)32-8-14(20(29)31)27-19(30)17-25-7-12(21)16(28-17)11-3-2-9(22)4-13(11)24/h2-7,14H,8H2,1H3,(H,27,30)/t14-/m0/s1. The number of fused-ring (bicyclic) bond motifs is 1. The molecule has 0 saturated carbocycles. The highest BCUT2D eigenvalue weighted by Crippen LogP contribution is 2.29. The minimum atomic E-state index is -1.17. The van der Waals surface area contributed by atoms with Crippen molar-refractivity contribution < 1.29 is 27.5 Å². The molecule has 1 atom stereocenters. The maximum absolute atomic E-state index is 14.2. The van der Waals surface area contributed by atoms with Crippen LogP contribution >= 0.6 is 11.6 Å². The fourth-order valence-electron chi connectivity index (χ4n) is 3.03. The summed E-state index contributed by atoms with van der Waals surface area (Å²) in [5, 5.41) is 2.36. The fourth-order valence-corrected chi connectivity index (χ4v) is 3.22. The lowest BCUT2D eigenvalue weighted by Crippen LogP contribution is -2.49. The van der Waals surface area contributed by atoms with E-state index in [-0.39, 0.29) is 34.5 Å². The monoisotopic (exact) mass is 463 g/mol. The molecule has 2 aromatic heterocycles. The molecule has 2 amide bonds. The first kappa shape index (κ1) is 21.5. The number of anilines is 1. The van der Waals surface area contributed by atoms with E-state index in [1.54, 1.807) is 0 Å². The molecule has 164 valence electrons. The Hall–Kier alpha value is -3.73. The second-order valence-corrected chi connectivity index (χ2v) is 7.13. The van der Waals surface area contributed by atoms with Crippen LogP contribution in [-0.4, -0.2) is 46.5 Å². The van der Waals surface area contributed by atoms with Crippen LogP contribution in [0, 0.1) is 17.5 Å². The first-order valence-corrected chi connectivity index (χ1v) is 9.47. The lowest BCUT2D eigenvalue weighted by atomic mass is 10.1. The van der Waals surface area contributed by atoms with E-state index < -0.39 is 41.1 Å². The molecule has 0 bridgehead atoms. The van der Waals surface area contributed by atoms with Crippen LogP contribution < -0.4 is 15.0 Å². The summed E-state index contributed by atoms with van der Waals surface area (Å²) in [4.78, 5) is 38.2. The second kappa shape index (κ2) is 8.42. The fraction of sp³-hybridized carbons (Fsp3) is 0.150. The zero-order valence-corrected chi connectivity index (χ0v) is 17.0. The number of amides is 2. The largest absolute Gasteiger partial charge is 0.487 e. The zero-order valence-electron chi connectivity index (χ0n) is 16.3. The van der Waals surface area contributed by atoms with Crippen LogP contribution in [0.1, 0.15) is 10.6 Å². The molecule has 3 aromatic rings. The van der Waals surface area contributed by atoms with Crippen LogP contribution in [0.25, 0.3) is 11.3 Å². The van der Waals surface area contributed by atoms with Gasteiger partial charge in [0.25, 0.3) is 11.8 Å². The van der Waals surface area contributed by atoms with E-state index in [4.69, 9.17) is 16.3 Å². The number of benzene rings is 1. The Morgan fingerprint density at radius 2 is 1.97 bits per heavy atom. The summed E-state index contributed by atoms with van der Waals surface area (Å²) in [7, 11) is 1.40. The van der Waals surface area contributed by atoms with Gasteiger partial charge in [-0.2, -0.15) is 0 Å². The normalized spacial score (nSPS) is 15.6. The number of halogens is 4. The van der Waals surface area contributed by atoms with Gasteiger partial charge in [-0.15, -0.1) is 0 Å². The van der Waals surface area contributed by atoms with Crippen molar-refractivity contribution >= 4 is 29.2 Å². The average Bonchev–Trinajstić information content (AvgIpc) is 2.86. The molecule has 12 heteroatoms. The predicted octanol–water partition coefficient (Wildman–Crippen LogP) is 2.76. The van der Waals surface area contributed by atoms with E-state index in [9.17, 15) is 22.8 Å². The van der Waals surface area contributed by atoms with Crippen molar-refractivity contribution in [3.63, 3.8) is 0 Å². The minimum absolute atomic E-state index is 0.0365. The summed E-state index contributed by atoms with van der Waals surface area (Å²) in [5.74, 6) is -4.10. The Kier molecular flexibility index (Phi) is 5.66. The molecule has 4 rings (SSSR count). The molecule has 0 radical (unpaired) electrons. The lowest BCUT2D eigenvalue weighted by Gasteiger charge is -2.19. The highest BCUT2D eigenvalue weighted by atomic mass is 35.5. The van der Waals surface area contributed by atoms with Crippen molar-refractivity contribution in [2.75, 3.05) is 18.6 Å². The van der Waals surface area contributed by atoms with E-state index in [2.05, 4.69) is 20.3 Å². The predicted molar refractivity (Wildman–Crippen MR) is 107 cm³/mol. The number of aromatic nitrogens is 3. The number of nitrogens with one attached hydrogen (secondary N) is 1. The molecule has 3 heterocycles. The molecule has 8 nitrogen and oxygen atoms in total. The van der Waals surface area contributed by atoms with Gasteiger partial charge in [0, 0.05) is 24.7 Å². The Bertz CT molecular complexity index is 1240. The van der Waals surface area contributed by atoms with Crippen LogP contribution in [0.5, 0.6) is 5.75 Å². The number of hydrogen-bond donors (Lipinski definition) is 1. The smallest absolute Gasteiger partial charge is 0.289 e. The van der Waals surface area contributed by atoms with E-state index in [1.165, 1.54) is 7.05 Å². The molecule has 1 aliphatic heterocycles. The first-order chi connectivity index (χ1) is 15.2. The summed E-state index contributed by atoms with van der Waals surface area (Å²) in [6.07, 6.45) is 2.02. The van der Waals surface area contributed by atoms with Crippen LogP contribution in [0.15, 0.2) is 36.7 Å². The number of carbonyl (C=O) groups excluding carboxylic acids is 2. The van der Waals surface area contributed by atoms with Gasteiger partial charge in [-0.3, -0.25) is 14.5 Å². The van der Waals surface area contributed by atoms with E-state index in [0.717, 1.165) is 35.5 Å². The highest BCUT2D eigenvalue weighted by molar-refractivity contribution is 6.33. The molecule has 0 unspecified atom stereocenters. The molecular weight excluding hydrogens is 451 g/mol. The van der Waals surface area contributed by atoms with Gasteiger partial charge in [0.1, 0.15) is 30.1 Å². The Balaban J connectivity index is 1.59. The summed E-state index contributed by atoms with van der Waals surface area (Å²) in [5.41, 5.74) is -0.262.